The maximum Gasteiger partial charge on any atom is 0.192 e. The zero-order chi connectivity index (χ0) is 27.4. The van der Waals surface area contributed by atoms with Gasteiger partial charge in [0.25, 0.3) is 0 Å². The first-order valence-corrected chi connectivity index (χ1v) is 16.0. The van der Waals surface area contributed by atoms with Crippen molar-refractivity contribution >= 4 is 20.0 Å². The topological polar surface area (TPSA) is 79.7 Å². The van der Waals surface area contributed by atoms with E-state index in [4.69, 9.17) is 19.1 Å². The van der Waals surface area contributed by atoms with Crippen LogP contribution in [-0.2, 0) is 17.5 Å². The number of nitrogens with one attached hydrogen (secondary N) is 1. The molecule has 2 heterocycles. The summed E-state index contributed by atoms with van der Waals surface area (Å²) in [7, 11) is -2.01. The van der Waals surface area contributed by atoms with Crippen LogP contribution in [0.3, 0.4) is 0 Å². The van der Waals surface area contributed by atoms with E-state index >= 15 is 0 Å². The average Bonchev–Trinajstić information content (AvgIpc) is 2.80. The number of aliphatic hydroxyl groups is 1. The summed E-state index contributed by atoms with van der Waals surface area (Å²) in [5.41, 5.74) is 1.48. The monoisotopic (exact) mass is 536 g/mol. The summed E-state index contributed by atoms with van der Waals surface area (Å²) in [5.74, 6) is 0.179. The van der Waals surface area contributed by atoms with Gasteiger partial charge in [0.2, 0.25) is 0 Å². The summed E-state index contributed by atoms with van der Waals surface area (Å²) in [6.45, 7) is 16.7. The number of halogens is 2. The molecule has 3 rings (SSSR count). The van der Waals surface area contributed by atoms with E-state index in [1.54, 1.807) is 0 Å². The number of aliphatic hydroxyl groups excluding tert-OH is 1. The van der Waals surface area contributed by atoms with Crippen molar-refractivity contribution in [2.24, 2.45) is 0 Å². The van der Waals surface area contributed by atoms with Gasteiger partial charge in [0.15, 0.2) is 31.5 Å². The Morgan fingerprint density at radius 2 is 1.81 bits per heavy atom. The van der Waals surface area contributed by atoms with E-state index < -0.39 is 20.0 Å². The molecule has 0 atom stereocenters. The highest BCUT2D eigenvalue weighted by Gasteiger charge is 2.37. The third kappa shape index (κ3) is 7.61. The van der Waals surface area contributed by atoms with E-state index in [1.807, 2.05) is 13.8 Å². The van der Waals surface area contributed by atoms with Crippen LogP contribution in [0, 0.1) is 11.6 Å². The summed E-state index contributed by atoms with van der Waals surface area (Å²) in [4.78, 5) is 12.1. The Kier molecular flexibility index (Phi) is 9.52. The van der Waals surface area contributed by atoms with E-state index in [1.165, 1.54) is 12.1 Å². The molecule has 7 nitrogen and oxygen atoms in total. The number of hydrogen-bond donors (Lipinski definition) is 2. The van der Waals surface area contributed by atoms with Crippen molar-refractivity contribution in [3.8, 4) is 5.75 Å². The molecule has 0 bridgehead atoms. The van der Waals surface area contributed by atoms with Gasteiger partial charge in [-0.25, -0.2) is 18.7 Å². The van der Waals surface area contributed by atoms with Gasteiger partial charge in [-0.1, -0.05) is 20.8 Å². The Labute approximate surface area is 220 Å². The van der Waals surface area contributed by atoms with Crippen LogP contribution < -0.4 is 15.0 Å². The molecule has 1 aromatic carbocycles. The quantitative estimate of drug-likeness (QED) is 0.378. The molecule has 0 spiro atoms. The number of nitrogens with zero attached hydrogens (tertiary/aromatic N) is 3. The van der Waals surface area contributed by atoms with E-state index in [2.05, 4.69) is 44.1 Å². The van der Waals surface area contributed by atoms with Crippen LogP contribution in [-0.4, -0.2) is 55.2 Å². The number of benzene rings is 1. The molecule has 1 saturated heterocycles. The zero-order valence-electron chi connectivity index (χ0n) is 23.2. The van der Waals surface area contributed by atoms with E-state index in [9.17, 15) is 13.9 Å². The molecule has 1 aliphatic rings. The Hall–Kier alpha value is -2.30. The SMILES string of the molecule is CC(C)Nc1nc(CCO)c(CO[Si](C)(C)C(C)(C)C)nc1N1CCC(Oc2ccc(F)cc2F)CC1. The second kappa shape index (κ2) is 12.0. The predicted octanol–water partition coefficient (Wildman–Crippen LogP) is 5.68. The smallest absolute Gasteiger partial charge is 0.192 e. The Balaban J connectivity index is 1.82. The van der Waals surface area contributed by atoms with E-state index in [0.29, 0.717) is 44.8 Å². The molecular formula is C27H42F2N4O3Si. The number of aromatic nitrogens is 2. The highest BCUT2D eigenvalue weighted by Crippen LogP contribution is 2.37. The van der Waals surface area contributed by atoms with Crippen LogP contribution in [0.25, 0.3) is 0 Å². The fraction of sp³-hybridized carbons (Fsp3) is 0.630. The molecule has 0 aliphatic carbocycles. The molecular weight excluding hydrogens is 494 g/mol. The molecule has 0 unspecified atom stereocenters. The first kappa shape index (κ1) is 29.3. The van der Waals surface area contributed by atoms with Gasteiger partial charge in [0.05, 0.1) is 18.0 Å². The van der Waals surface area contributed by atoms with Gasteiger partial charge >= 0.3 is 0 Å². The molecule has 0 saturated carbocycles. The minimum Gasteiger partial charge on any atom is -0.487 e. The maximum atomic E-state index is 14.1. The second-order valence-corrected chi connectivity index (χ2v) is 16.3. The van der Waals surface area contributed by atoms with Crippen molar-refractivity contribution in [3.63, 3.8) is 0 Å². The highest BCUT2D eigenvalue weighted by molar-refractivity contribution is 6.74. The molecule has 10 heteroatoms. The molecule has 2 N–H and O–H groups in total. The summed E-state index contributed by atoms with van der Waals surface area (Å²) in [6, 6.07) is 3.52. The van der Waals surface area contributed by atoms with Gasteiger partial charge < -0.3 is 24.5 Å². The maximum absolute atomic E-state index is 14.1. The van der Waals surface area contributed by atoms with Crippen LogP contribution in [0.5, 0.6) is 5.75 Å². The highest BCUT2D eigenvalue weighted by atomic mass is 28.4. The minimum atomic E-state index is -2.01. The number of hydrogen-bond acceptors (Lipinski definition) is 7. The summed E-state index contributed by atoms with van der Waals surface area (Å²) in [6.07, 6.45) is 1.54. The van der Waals surface area contributed by atoms with Gasteiger partial charge in [-0.15, -0.1) is 0 Å². The second-order valence-electron chi connectivity index (χ2n) is 11.5. The fourth-order valence-corrected chi connectivity index (χ4v) is 4.84. The van der Waals surface area contributed by atoms with Gasteiger partial charge in [0, 0.05) is 51.1 Å². The van der Waals surface area contributed by atoms with Gasteiger partial charge in [0.1, 0.15) is 11.9 Å². The standard InChI is InChI=1S/C27H42F2N4O3Si/c1-18(2)30-25-26(32-23(22(31-25)12-15-34)17-35-37(6,7)27(3,4)5)33-13-10-20(11-14-33)36-24-9-8-19(28)16-21(24)29/h8-9,16,18,20,34H,10-15,17H2,1-7H3,(H,30,31). The average molecular weight is 537 g/mol. The largest absolute Gasteiger partial charge is 0.487 e. The van der Waals surface area contributed by atoms with E-state index in [-0.39, 0.29) is 29.5 Å². The lowest BCUT2D eigenvalue weighted by molar-refractivity contribution is 0.163. The summed E-state index contributed by atoms with van der Waals surface area (Å²) >= 11 is 0. The lowest BCUT2D eigenvalue weighted by atomic mass is 10.1. The summed E-state index contributed by atoms with van der Waals surface area (Å²) < 4.78 is 39.6. The number of piperidine rings is 1. The van der Waals surface area contributed by atoms with Crippen molar-refractivity contribution in [1.29, 1.82) is 0 Å². The molecule has 1 aromatic heterocycles. The van der Waals surface area contributed by atoms with Crippen molar-refractivity contribution in [2.75, 3.05) is 29.9 Å². The molecule has 1 aliphatic heterocycles. The van der Waals surface area contributed by atoms with Crippen LogP contribution in [0.4, 0.5) is 20.4 Å². The van der Waals surface area contributed by atoms with Crippen LogP contribution >= 0.6 is 0 Å². The number of ether oxygens (including phenoxy) is 1. The van der Waals surface area contributed by atoms with Crippen molar-refractivity contribution in [1.82, 2.24) is 9.97 Å². The molecule has 0 amide bonds. The van der Waals surface area contributed by atoms with Crippen LogP contribution in [0.2, 0.25) is 18.1 Å². The third-order valence-electron chi connectivity index (χ3n) is 7.11. The normalized spacial score (nSPS) is 15.4. The minimum absolute atomic E-state index is 0.0229. The Morgan fingerprint density at radius 3 is 2.38 bits per heavy atom. The van der Waals surface area contributed by atoms with Gasteiger partial charge in [-0.05, 0) is 44.1 Å². The van der Waals surface area contributed by atoms with Gasteiger partial charge in [-0.3, -0.25) is 0 Å². The Morgan fingerprint density at radius 1 is 1.14 bits per heavy atom. The summed E-state index contributed by atoms with van der Waals surface area (Å²) in [5, 5.41) is 13.2. The lowest BCUT2D eigenvalue weighted by Gasteiger charge is -2.36. The molecule has 1 fully saturated rings. The van der Waals surface area contributed by atoms with E-state index in [0.717, 1.165) is 23.3 Å². The molecule has 37 heavy (non-hydrogen) atoms. The van der Waals surface area contributed by atoms with Crippen molar-refractivity contribution in [3.05, 3.63) is 41.2 Å². The van der Waals surface area contributed by atoms with Crippen molar-refractivity contribution < 1.29 is 23.1 Å². The Bertz CT molecular complexity index is 1050. The lowest BCUT2D eigenvalue weighted by Crippen LogP contribution is -2.41. The fourth-order valence-electron chi connectivity index (χ4n) is 3.91. The zero-order valence-corrected chi connectivity index (χ0v) is 24.2. The molecule has 2 aromatic rings. The number of anilines is 2. The first-order chi connectivity index (χ1) is 17.3. The molecule has 0 radical (unpaired) electrons. The first-order valence-electron chi connectivity index (χ1n) is 13.1. The van der Waals surface area contributed by atoms with Crippen molar-refractivity contribution in [2.45, 2.75) is 90.8 Å². The number of rotatable bonds is 10. The molecule has 206 valence electrons. The third-order valence-corrected chi connectivity index (χ3v) is 11.6. The van der Waals surface area contributed by atoms with Crippen LogP contribution in [0.15, 0.2) is 18.2 Å². The predicted molar refractivity (Wildman–Crippen MR) is 146 cm³/mol. The van der Waals surface area contributed by atoms with Crippen LogP contribution in [0.1, 0.15) is 58.8 Å². The van der Waals surface area contributed by atoms with Gasteiger partial charge in [-0.2, -0.15) is 0 Å².